The average Bonchev–Trinajstić information content (AvgIpc) is 3.10. The molecule has 2 heterocycles. The van der Waals surface area contributed by atoms with Crippen molar-refractivity contribution < 1.29 is 61.5 Å². The lowest BCUT2D eigenvalue weighted by molar-refractivity contribution is -0.199. The van der Waals surface area contributed by atoms with Gasteiger partial charge in [-0.3, -0.25) is 28.6 Å². The fourth-order valence-corrected chi connectivity index (χ4v) is 5.79. The van der Waals surface area contributed by atoms with Crippen LogP contribution >= 0.6 is 19.3 Å². The monoisotopic (exact) mass is 633 g/mol. The molecule has 0 aromatic heterocycles. The van der Waals surface area contributed by atoms with Crippen LogP contribution in [0.1, 0.15) is 48.0 Å². The number of ketones is 1. The number of esters is 2. The molecule has 234 valence electrons. The highest BCUT2D eigenvalue weighted by Gasteiger charge is 2.62. The average molecular weight is 634 g/mol. The first-order valence-electron chi connectivity index (χ1n) is 12.6. The molecule has 1 fully saturated rings. The zero-order valence-corrected chi connectivity index (χ0v) is 24.9. The molecule has 0 aromatic carbocycles. The molecule has 0 radical (unpaired) electrons. The largest absolute Gasteiger partial charge is 0.462 e. The maximum atomic E-state index is 14.5. The first-order chi connectivity index (χ1) is 18.8. The highest BCUT2D eigenvalue weighted by atomic mass is 35.5. The summed E-state index contributed by atoms with van der Waals surface area (Å²) >= 11 is 5.77. The van der Waals surface area contributed by atoms with Gasteiger partial charge in [-0.05, 0) is 41.5 Å². The Morgan fingerprint density at radius 2 is 1.59 bits per heavy atom. The van der Waals surface area contributed by atoms with Gasteiger partial charge in [0.25, 0.3) is 6.43 Å². The van der Waals surface area contributed by atoms with Crippen molar-refractivity contribution in [2.75, 3.05) is 6.61 Å². The number of hydrogen-bond acceptors (Lipinski definition) is 11. The van der Waals surface area contributed by atoms with Gasteiger partial charge in [0, 0.05) is 6.20 Å². The molecule has 1 amide bonds. The Bertz CT molecular complexity index is 1060. The first-order valence-corrected chi connectivity index (χ1v) is 14.6. The lowest BCUT2D eigenvalue weighted by Gasteiger charge is -2.34. The Morgan fingerprint density at radius 3 is 2.02 bits per heavy atom. The zero-order chi connectivity index (χ0) is 31.4. The fourth-order valence-electron chi connectivity index (χ4n) is 3.78. The highest BCUT2D eigenvalue weighted by molar-refractivity contribution is 7.54. The molecule has 0 spiro atoms. The number of nitrogens with zero attached hydrogens (tertiary/aromatic N) is 1. The summed E-state index contributed by atoms with van der Waals surface area (Å²) in [6, 6.07) is -2.70. The van der Waals surface area contributed by atoms with Crippen LogP contribution in [-0.2, 0) is 42.5 Å². The third-order valence-electron chi connectivity index (χ3n) is 5.83. The minimum atomic E-state index is -4.66. The molecule has 1 saturated heterocycles. The number of amides is 1. The van der Waals surface area contributed by atoms with E-state index < -0.39 is 104 Å². The van der Waals surface area contributed by atoms with Crippen molar-refractivity contribution in [2.45, 2.75) is 103 Å². The molecule has 4 N–H and O–H groups in total. The van der Waals surface area contributed by atoms with Crippen LogP contribution in [0.5, 0.6) is 0 Å². The summed E-state index contributed by atoms with van der Waals surface area (Å²) in [6.07, 6.45) is -11.2. The minimum Gasteiger partial charge on any atom is -0.462 e. The van der Waals surface area contributed by atoms with E-state index in [0.29, 0.717) is 4.90 Å². The smallest absolute Gasteiger partial charge is 0.342 e. The number of hydrogen-bond donors (Lipinski definition) is 4. The van der Waals surface area contributed by atoms with Crippen LogP contribution in [0, 0.1) is 0 Å². The second-order valence-electron chi connectivity index (χ2n) is 10.1. The van der Waals surface area contributed by atoms with Gasteiger partial charge >= 0.3 is 19.6 Å². The van der Waals surface area contributed by atoms with E-state index in [1.807, 2.05) is 0 Å². The third-order valence-corrected chi connectivity index (χ3v) is 8.08. The van der Waals surface area contributed by atoms with Crippen LogP contribution in [0.25, 0.3) is 0 Å². The Hall–Kier alpha value is -2.04. The number of ether oxygens (including phenoxy) is 3. The molecule has 2 rings (SSSR count). The van der Waals surface area contributed by atoms with Crippen LogP contribution in [0.3, 0.4) is 0 Å². The van der Waals surface area contributed by atoms with Gasteiger partial charge in [-0.25, -0.2) is 19.0 Å². The molecule has 0 bridgehead atoms. The van der Waals surface area contributed by atoms with Crippen LogP contribution in [0.15, 0.2) is 11.2 Å². The van der Waals surface area contributed by atoms with Crippen LogP contribution in [0.2, 0.25) is 0 Å². The predicted octanol–water partition coefficient (Wildman–Crippen LogP) is 0.934. The Balaban J connectivity index is 2.37. The summed E-state index contributed by atoms with van der Waals surface area (Å²) in [7, 11) is -4.66. The molecule has 0 aromatic rings. The predicted molar refractivity (Wildman–Crippen MR) is 137 cm³/mol. The van der Waals surface area contributed by atoms with Crippen molar-refractivity contribution in [3.8, 4) is 0 Å². The van der Waals surface area contributed by atoms with Crippen molar-refractivity contribution in [1.82, 2.24) is 15.1 Å². The quantitative estimate of drug-likeness (QED) is 0.127. The van der Waals surface area contributed by atoms with Crippen molar-refractivity contribution in [3.05, 3.63) is 11.2 Å². The van der Waals surface area contributed by atoms with Gasteiger partial charge in [0.1, 0.15) is 29.3 Å². The molecule has 2 aliphatic rings. The van der Waals surface area contributed by atoms with Crippen molar-refractivity contribution in [1.29, 1.82) is 0 Å². The number of aliphatic hydroxyl groups excluding tert-OH is 2. The van der Waals surface area contributed by atoms with Crippen LogP contribution in [-0.4, -0.2) is 100 Å². The number of halogens is 3. The van der Waals surface area contributed by atoms with E-state index in [1.165, 1.54) is 13.8 Å². The van der Waals surface area contributed by atoms with Crippen molar-refractivity contribution >= 4 is 42.9 Å². The highest BCUT2D eigenvalue weighted by Crippen LogP contribution is 2.45. The van der Waals surface area contributed by atoms with E-state index in [1.54, 1.807) is 27.7 Å². The number of Topliss-reactive ketones (excluding diaryl/α,β-unsaturated/α-hetero) is 1. The lowest BCUT2D eigenvalue weighted by atomic mass is 9.96. The van der Waals surface area contributed by atoms with E-state index in [2.05, 4.69) is 10.2 Å². The summed E-state index contributed by atoms with van der Waals surface area (Å²) in [5, 5.41) is 25.4. The molecule has 2 aliphatic heterocycles. The third kappa shape index (κ3) is 8.51. The summed E-state index contributed by atoms with van der Waals surface area (Å²) in [4.78, 5) is 49.3. The number of aliphatic hydroxyl groups is 2. The number of alkyl halides is 2. The van der Waals surface area contributed by atoms with Gasteiger partial charge < -0.3 is 28.9 Å². The molecule has 41 heavy (non-hydrogen) atoms. The summed E-state index contributed by atoms with van der Waals surface area (Å²) < 4.78 is 63.4. The molecule has 0 unspecified atom stereocenters. The van der Waals surface area contributed by atoms with Crippen LogP contribution < -0.4 is 10.2 Å². The molecular weight excluding hydrogens is 599 g/mol. The minimum absolute atomic E-state index is 0.442. The summed E-state index contributed by atoms with van der Waals surface area (Å²) in [6.45, 7) is 7.32. The number of carbonyl (C=O) groups excluding carboxylic acids is 4. The van der Waals surface area contributed by atoms with E-state index >= 15 is 0 Å². The topological polar surface area (TPSA) is 190 Å². The summed E-state index contributed by atoms with van der Waals surface area (Å²) in [5.74, 6) is -3.48. The number of nitrogens with one attached hydrogen (secondary N) is 2. The number of allylic oxidation sites excluding steroid dienone is 1. The maximum absolute atomic E-state index is 14.5. The molecule has 0 saturated carbocycles. The molecule has 14 nitrogen and oxygen atoms in total. The van der Waals surface area contributed by atoms with Crippen LogP contribution in [0.4, 0.5) is 8.78 Å². The lowest BCUT2D eigenvalue weighted by Crippen LogP contribution is -2.53. The number of rotatable bonds is 13. The van der Waals surface area contributed by atoms with Crippen molar-refractivity contribution in [2.24, 2.45) is 0 Å². The molecular formula is C23H35ClF2N3O11P. The molecule has 0 aliphatic carbocycles. The normalized spacial score (nSPS) is 26.9. The van der Waals surface area contributed by atoms with E-state index in [9.17, 15) is 42.7 Å². The SMILES string of the molecule is CC(C)OC(=O)[C@H](C)NP(=O)(N[C@@H](C)C(=O)OC(C)C)OC[C@@]1(C(F)F)O[C@@H](N2C=C(Cl)C(=O)CC2=O)[C@H](O)[C@H]1O. The summed E-state index contributed by atoms with van der Waals surface area (Å²) in [5.41, 5.74) is -3.07. The Morgan fingerprint density at radius 1 is 1.10 bits per heavy atom. The Kier molecular flexibility index (Phi) is 12.0. The zero-order valence-electron chi connectivity index (χ0n) is 23.2. The molecule has 18 heteroatoms. The van der Waals surface area contributed by atoms with Gasteiger partial charge in [-0.15, -0.1) is 0 Å². The molecule has 6 atom stereocenters. The Labute approximate surface area is 240 Å². The van der Waals surface area contributed by atoms with Gasteiger partial charge in [0.15, 0.2) is 17.6 Å². The van der Waals surface area contributed by atoms with Gasteiger partial charge in [-0.2, -0.15) is 0 Å². The number of carbonyl (C=O) groups is 4. The fraction of sp³-hybridized carbons (Fsp3) is 0.739. The maximum Gasteiger partial charge on any atom is 0.342 e. The van der Waals surface area contributed by atoms with E-state index in [4.69, 9.17) is 30.3 Å². The second kappa shape index (κ2) is 14.0. The van der Waals surface area contributed by atoms with E-state index in [-0.39, 0.29) is 0 Å². The van der Waals surface area contributed by atoms with Gasteiger partial charge in [0.05, 0.1) is 25.2 Å². The first kappa shape index (κ1) is 35.2. The second-order valence-corrected chi connectivity index (χ2v) is 12.4. The van der Waals surface area contributed by atoms with Gasteiger partial charge in [-0.1, -0.05) is 11.6 Å². The van der Waals surface area contributed by atoms with Crippen molar-refractivity contribution in [3.63, 3.8) is 0 Å². The standard InChI is InChI=1S/C23H35ClF2N3O11P/c1-10(2)38-20(34)12(5)27-41(36,28-13(6)21(35)39-11(3)4)37-9-23(22(25)26)18(33)17(32)19(40-23)29-8-14(24)15(30)7-16(29)31/h8,10-13,17-19,22,32-33H,7,9H2,1-6H3,(H2,27,28,36)/t12-,13-,17+,18+,19+,23+/m0/s1. The van der Waals surface area contributed by atoms with E-state index in [0.717, 1.165) is 6.20 Å². The van der Waals surface area contributed by atoms with Gasteiger partial charge in [0.2, 0.25) is 5.91 Å².